The molecule has 2 aromatic rings. The van der Waals surface area contributed by atoms with Crippen LogP contribution >= 0.6 is 24.0 Å². The molecule has 0 saturated heterocycles. The van der Waals surface area contributed by atoms with Gasteiger partial charge < -0.3 is 20.3 Å². The fraction of sp³-hybridized carbons (Fsp3) is 0.316. The van der Waals surface area contributed by atoms with Crippen LogP contribution in [0, 0.1) is 10.1 Å². The number of benzene rings is 2. The summed E-state index contributed by atoms with van der Waals surface area (Å²) in [5.41, 5.74) is 1.99. The Morgan fingerprint density at radius 3 is 2.46 bits per heavy atom. The van der Waals surface area contributed by atoms with Gasteiger partial charge in [0.1, 0.15) is 5.75 Å². The van der Waals surface area contributed by atoms with E-state index in [4.69, 9.17) is 4.74 Å². The third kappa shape index (κ3) is 6.87. The summed E-state index contributed by atoms with van der Waals surface area (Å²) in [6.07, 6.45) is 0. The van der Waals surface area contributed by atoms with Crippen molar-refractivity contribution < 1.29 is 9.66 Å². The van der Waals surface area contributed by atoms with Crippen LogP contribution in [0.15, 0.2) is 53.5 Å². The van der Waals surface area contributed by atoms with E-state index >= 15 is 0 Å². The standard InChI is InChI=1S/C19H25N5O3.HI/c1-20-19(23(2)14-15-6-4-5-7-18(15)27-3)22-13-12-21-16-8-10-17(11-9-16)24(25)26;/h4-11,21H,12-14H2,1-3H3,(H,20,22);1H. The smallest absolute Gasteiger partial charge is 0.269 e. The van der Waals surface area contributed by atoms with Gasteiger partial charge in [0.15, 0.2) is 5.96 Å². The number of hydrogen-bond donors (Lipinski definition) is 2. The van der Waals surface area contributed by atoms with Crippen molar-refractivity contribution in [3.8, 4) is 5.75 Å². The second-order valence-corrected chi connectivity index (χ2v) is 5.87. The quantitative estimate of drug-likeness (QED) is 0.145. The first-order valence-electron chi connectivity index (χ1n) is 8.57. The molecule has 0 amide bonds. The predicted molar refractivity (Wildman–Crippen MR) is 123 cm³/mol. The maximum absolute atomic E-state index is 10.7. The van der Waals surface area contributed by atoms with Gasteiger partial charge in [0, 0.05) is 57.1 Å². The number of halogens is 1. The second-order valence-electron chi connectivity index (χ2n) is 5.87. The highest BCUT2D eigenvalue weighted by molar-refractivity contribution is 14.0. The molecule has 0 aliphatic rings. The van der Waals surface area contributed by atoms with Crippen molar-refractivity contribution in [1.29, 1.82) is 0 Å². The molecule has 9 heteroatoms. The van der Waals surface area contributed by atoms with Crippen molar-refractivity contribution in [1.82, 2.24) is 10.2 Å². The fourth-order valence-electron chi connectivity index (χ4n) is 2.63. The summed E-state index contributed by atoms with van der Waals surface area (Å²) in [7, 11) is 5.37. The van der Waals surface area contributed by atoms with Gasteiger partial charge in [-0.15, -0.1) is 24.0 Å². The number of hydrogen-bond acceptors (Lipinski definition) is 5. The lowest BCUT2D eigenvalue weighted by molar-refractivity contribution is -0.384. The maximum atomic E-state index is 10.7. The first kappa shape index (κ1) is 23.5. The molecule has 2 rings (SSSR count). The number of para-hydroxylation sites is 1. The van der Waals surface area contributed by atoms with Crippen LogP contribution in [0.1, 0.15) is 5.56 Å². The zero-order chi connectivity index (χ0) is 19.6. The van der Waals surface area contributed by atoms with E-state index in [1.54, 1.807) is 26.3 Å². The Morgan fingerprint density at radius 2 is 1.86 bits per heavy atom. The number of nitrogens with one attached hydrogen (secondary N) is 2. The van der Waals surface area contributed by atoms with E-state index in [1.807, 2.05) is 36.2 Å². The van der Waals surface area contributed by atoms with E-state index in [0.717, 1.165) is 23.0 Å². The molecule has 0 spiro atoms. The van der Waals surface area contributed by atoms with Gasteiger partial charge in [-0.05, 0) is 18.2 Å². The summed E-state index contributed by atoms with van der Waals surface area (Å²) in [6, 6.07) is 14.2. The van der Waals surface area contributed by atoms with E-state index in [1.165, 1.54) is 12.1 Å². The van der Waals surface area contributed by atoms with Crippen molar-refractivity contribution in [2.75, 3.05) is 39.6 Å². The van der Waals surface area contributed by atoms with Gasteiger partial charge in [-0.2, -0.15) is 0 Å². The van der Waals surface area contributed by atoms with Gasteiger partial charge in [-0.25, -0.2) is 0 Å². The van der Waals surface area contributed by atoms with E-state index in [-0.39, 0.29) is 29.7 Å². The topological polar surface area (TPSA) is 92.0 Å². The molecule has 2 aromatic carbocycles. The molecule has 0 fully saturated rings. The molecule has 0 aliphatic carbocycles. The predicted octanol–water partition coefficient (Wildman–Crippen LogP) is 3.34. The zero-order valence-electron chi connectivity index (χ0n) is 16.2. The number of guanidine groups is 1. The van der Waals surface area contributed by atoms with Crippen LogP contribution in [0.4, 0.5) is 11.4 Å². The van der Waals surface area contributed by atoms with Crippen molar-refractivity contribution in [2.24, 2.45) is 4.99 Å². The van der Waals surface area contributed by atoms with Crippen LogP contribution in [-0.4, -0.2) is 50.1 Å². The number of anilines is 1. The average Bonchev–Trinajstić information content (AvgIpc) is 2.68. The summed E-state index contributed by atoms with van der Waals surface area (Å²) in [6.45, 7) is 1.97. The van der Waals surface area contributed by atoms with Crippen molar-refractivity contribution >= 4 is 41.3 Å². The molecule has 152 valence electrons. The molecular formula is C19H26IN5O3. The summed E-state index contributed by atoms with van der Waals surface area (Å²) in [5.74, 6) is 1.62. The van der Waals surface area contributed by atoms with E-state index in [2.05, 4.69) is 15.6 Å². The number of nitro groups is 1. The molecule has 0 heterocycles. The van der Waals surface area contributed by atoms with E-state index in [0.29, 0.717) is 19.6 Å². The van der Waals surface area contributed by atoms with E-state index in [9.17, 15) is 10.1 Å². The van der Waals surface area contributed by atoms with Gasteiger partial charge >= 0.3 is 0 Å². The summed E-state index contributed by atoms with van der Waals surface area (Å²) < 4.78 is 5.39. The lowest BCUT2D eigenvalue weighted by Crippen LogP contribution is -2.40. The minimum absolute atomic E-state index is 0. The highest BCUT2D eigenvalue weighted by Gasteiger charge is 2.09. The molecule has 8 nitrogen and oxygen atoms in total. The molecule has 0 bridgehead atoms. The molecule has 0 aromatic heterocycles. The molecule has 0 saturated carbocycles. The van der Waals surface area contributed by atoms with Crippen molar-refractivity contribution in [3.05, 3.63) is 64.2 Å². The number of nitrogens with zero attached hydrogens (tertiary/aromatic N) is 3. The average molecular weight is 499 g/mol. The molecule has 0 radical (unpaired) electrons. The summed E-state index contributed by atoms with van der Waals surface area (Å²) >= 11 is 0. The number of rotatable bonds is 8. The molecule has 0 aliphatic heterocycles. The molecular weight excluding hydrogens is 473 g/mol. The number of ether oxygens (including phenoxy) is 1. The maximum Gasteiger partial charge on any atom is 0.269 e. The number of non-ortho nitro benzene ring substituents is 1. The SMILES string of the molecule is CN=C(NCCNc1ccc([N+](=O)[O-])cc1)N(C)Cc1ccccc1OC.I. The monoisotopic (exact) mass is 499 g/mol. The Balaban J connectivity index is 0.00000392. The largest absolute Gasteiger partial charge is 0.496 e. The minimum atomic E-state index is -0.410. The first-order valence-corrected chi connectivity index (χ1v) is 8.57. The third-order valence-corrected chi connectivity index (χ3v) is 3.99. The first-order chi connectivity index (χ1) is 13.0. The fourth-order valence-corrected chi connectivity index (χ4v) is 2.63. The molecule has 2 N–H and O–H groups in total. The summed E-state index contributed by atoms with van der Waals surface area (Å²) in [4.78, 5) is 16.6. The molecule has 0 unspecified atom stereocenters. The van der Waals surface area contributed by atoms with E-state index < -0.39 is 4.92 Å². The molecule has 28 heavy (non-hydrogen) atoms. The van der Waals surface area contributed by atoms with Crippen LogP contribution in [0.3, 0.4) is 0 Å². The van der Waals surface area contributed by atoms with Gasteiger partial charge in [0.25, 0.3) is 5.69 Å². The van der Waals surface area contributed by atoms with Crippen LogP contribution in [0.2, 0.25) is 0 Å². The number of nitro benzene ring substituents is 1. The van der Waals surface area contributed by atoms with Crippen molar-refractivity contribution in [2.45, 2.75) is 6.54 Å². The number of methoxy groups -OCH3 is 1. The second kappa shape index (κ2) is 12.0. The van der Waals surface area contributed by atoms with Gasteiger partial charge in [0.05, 0.1) is 12.0 Å². The van der Waals surface area contributed by atoms with Gasteiger partial charge in [0.2, 0.25) is 0 Å². The Bertz CT molecular complexity index is 783. The zero-order valence-corrected chi connectivity index (χ0v) is 18.5. The highest BCUT2D eigenvalue weighted by Crippen LogP contribution is 2.18. The number of aliphatic imine (C=N–C) groups is 1. The van der Waals surface area contributed by atoms with Crippen LogP contribution in [0.5, 0.6) is 5.75 Å². The van der Waals surface area contributed by atoms with Gasteiger partial charge in [-0.3, -0.25) is 15.1 Å². The van der Waals surface area contributed by atoms with Crippen LogP contribution in [0.25, 0.3) is 0 Å². The normalized spacial score (nSPS) is 10.6. The Labute approximate surface area is 182 Å². The lowest BCUT2D eigenvalue weighted by Gasteiger charge is -2.23. The summed E-state index contributed by atoms with van der Waals surface area (Å²) in [5, 5.41) is 17.2. The Kier molecular flexibility index (Phi) is 10.1. The van der Waals surface area contributed by atoms with Gasteiger partial charge in [-0.1, -0.05) is 18.2 Å². The Morgan fingerprint density at radius 1 is 1.18 bits per heavy atom. The van der Waals surface area contributed by atoms with Crippen LogP contribution in [-0.2, 0) is 6.54 Å². The Hall–Kier alpha value is -2.56. The highest BCUT2D eigenvalue weighted by atomic mass is 127. The third-order valence-electron chi connectivity index (χ3n) is 3.99. The van der Waals surface area contributed by atoms with Crippen LogP contribution < -0.4 is 15.4 Å². The minimum Gasteiger partial charge on any atom is -0.496 e. The lowest BCUT2D eigenvalue weighted by atomic mass is 10.2. The molecule has 0 atom stereocenters. The van der Waals surface area contributed by atoms with Crippen molar-refractivity contribution in [3.63, 3.8) is 0 Å².